The first kappa shape index (κ1) is 14.9. The lowest BCUT2D eigenvalue weighted by Gasteiger charge is -2.22. The van der Waals surface area contributed by atoms with E-state index in [0.717, 1.165) is 0 Å². The molecule has 0 aliphatic rings. The third-order valence-corrected chi connectivity index (χ3v) is 2.10. The van der Waals surface area contributed by atoms with Gasteiger partial charge >= 0.3 is 5.97 Å². The van der Waals surface area contributed by atoms with E-state index in [-0.39, 0.29) is 18.9 Å². The summed E-state index contributed by atoms with van der Waals surface area (Å²) in [6, 6.07) is 0. The van der Waals surface area contributed by atoms with Crippen molar-refractivity contribution in [1.29, 1.82) is 0 Å². The van der Waals surface area contributed by atoms with Crippen molar-refractivity contribution in [2.75, 3.05) is 20.8 Å². The highest BCUT2D eigenvalue weighted by Gasteiger charge is 2.22. The fraction of sp³-hybridized carbons (Fsp3) is 0.800. The van der Waals surface area contributed by atoms with Gasteiger partial charge in [-0.3, -0.25) is 4.79 Å². The van der Waals surface area contributed by atoms with Gasteiger partial charge in [0.15, 0.2) is 6.10 Å². The van der Waals surface area contributed by atoms with Gasteiger partial charge in [0.1, 0.15) is 0 Å². The van der Waals surface area contributed by atoms with Crippen LogP contribution in [0.4, 0.5) is 0 Å². The van der Waals surface area contributed by atoms with Gasteiger partial charge in [-0.1, -0.05) is 0 Å². The maximum Gasteiger partial charge on any atom is 0.336 e. The summed E-state index contributed by atoms with van der Waals surface area (Å²) in [5.41, 5.74) is -0.569. The molecule has 0 saturated heterocycles. The van der Waals surface area contributed by atoms with Crippen LogP contribution < -0.4 is 5.32 Å². The molecular weight excluding hydrogens is 214 g/mol. The first-order valence-corrected chi connectivity index (χ1v) is 4.90. The molecule has 0 rings (SSSR count). The second-order valence-corrected chi connectivity index (χ2v) is 3.98. The van der Waals surface area contributed by atoms with Gasteiger partial charge in [-0.15, -0.1) is 0 Å². The largest absolute Gasteiger partial charge is 0.467 e. The van der Waals surface area contributed by atoms with Crippen LogP contribution in [0.2, 0.25) is 0 Å². The maximum absolute atomic E-state index is 11.4. The van der Waals surface area contributed by atoms with Crippen molar-refractivity contribution >= 4 is 11.9 Å². The molecule has 0 heterocycles. The van der Waals surface area contributed by atoms with E-state index in [2.05, 4.69) is 10.1 Å². The van der Waals surface area contributed by atoms with E-state index >= 15 is 0 Å². The van der Waals surface area contributed by atoms with Crippen LogP contribution in [0, 0.1) is 0 Å². The van der Waals surface area contributed by atoms with Crippen LogP contribution in [0.1, 0.15) is 20.3 Å². The van der Waals surface area contributed by atoms with Crippen LogP contribution in [-0.2, 0) is 19.1 Å². The summed E-state index contributed by atoms with van der Waals surface area (Å²) in [6.07, 6.45) is -1.18. The van der Waals surface area contributed by atoms with E-state index in [4.69, 9.17) is 4.74 Å². The number of aliphatic hydroxyl groups is 1. The van der Waals surface area contributed by atoms with Crippen molar-refractivity contribution in [3.63, 3.8) is 0 Å². The van der Waals surface area contributed by atoms with Crippen LogP contribution in [0.5, 0.6) is 0 Å². The van der Waals surface area contributed by atoms with E-state index in [0.29, 0.717) is 0 Å². The molecule has 0 aromatic rings. The minimum Gasteiger partial charge on any atom is -0.467 e. The van der Waals surface area contributed by atoms with Gasteiger partial charge in [-0.2, -0.15) is 0 Å². The fourth-order valence-corrected chi connectivity index (χ4v) is 0.951. The fourth-order valence-electron chi connectivity index (χ4n) is 0.951. The van der Waals surface area contributed by atoms with Crippen molar-refractivity contribution in [1.82, 2.24) is 5.32 Å². The third kappa shape index (κ3) is 5.67. The van der Waals surface area contributed by atoms with E-state index in [9.17, 15) is 14.7 Å². The summed E-state index contributed by atoms with van der Waals surface area (Å²) in [5.74, 6) is -1.07. The molecule has 1 atom stereocenters. The summed E-state index contributed by atoms with van der Waals surface area (Å²) in [5, 5.41) is 11.6. The number of carbonyl (C=O) groups is 2. The molecule has 6 nitrogen and oxygen atoms in total. The van der Waals surface area contributed by atoms with Crippen molar-refractivity contribution in [3.8, 4) is 0 Å². The second-order valence-electron chi connectivity index (χ2n) is 3.98. The molecule has 0 bridgehead atoms. The van der Waals surface area contributed by atoms with Gasteiger partial charge in [0, 0.05) is 7.11 Å². The molecule has 1 unspecified atom stereocenters. The minimum absolute atomic E-state index is 0.150. The maximum atomic E-state index is 11.4. The highest BCUT2D eigenvalue weighted by atomic mass is 16.5. The van der Waals surface area contributed by atoms with E-state index in [1.165, 1.54) is 14.2 Å². The van der Waals surface area contributed by atoms with Crippen LogP contribution in [0.25, 0.3) is 0 Å². The second kappa shape index (κ2) is 6.44. The van der Waals surface area contributed by atoms with Crippen LogP contribution in [0.15, 0.2) is 0 Å². The molecule has 0 aliphatic carbocycles. The number of amides is 1. The van der Waals surface area contributed by atoms with Gasteiger partial charge in [-0.05, 0) is 13.8 Å². The minimum atomic E-state index is -1.33. The zero-order valence-electron chi connectivity index (χ0n) is 10.1. The molecular formula is C10H19NO5. The molecule has 0 aliphatic heterocycles. The summed E-state index contributed by atoms with van der Waals surface area (Å²) < 4.78 is 9.37. The number of methoxy groups -OCH3 is 2. The molecule has 0 spiro atoms. The average molecular weight is 233 g/mol. The van der Waals surface area contributed by atoms with Crippen molar-refractivity contribution < 1.29 is 24.2 Å². The zero-order valence-corrected chi connectivity index (χ0v) is 10.1. The number of hydrogen-bond acceptors (Lipinski definition) is 5. The number of carbonyl (C=O) groups excluding carboxylic acids is 2. The summed E-state index contributed by atoms with van der Waals surface area (Å²) in [7, 11) is 2.68. The van der Waals surface area contributed by atoms with Gasteiger partial charge in [0.25, 0.3) is 0 Å². The van der Waals surface area contributed by atoms with Crippen LogP contribution in [0.3, 0.4) is 0 Å². The number of ether oxygens (including phenoxy) is 2. The number of nitrogens with one attached hydrogen (secondary N) is 1. The zero-order chi connectivity index (χ0) is 12.8. The van der Waals surface area contributed by atoms with Gasteiger partial charge in [-0.25, -0.2) is 4.79 Å². The Balaban J connectivity index is 3.95. The summed E-state index contributed by atoms with van der Waals surface area (Å²) in [6.45, 7) is 3.37. The Morgan fingerprint density at radius 2 is 1.94 bits per heavy atom. The molecule has 2 N–H and O–H groups in total. The van der Waals surface area contributed by atoms with Crippen molar-refractivity contribution in [3.05, 3.63) is 0 Å². The van der Waals surface area contributed by atoms with Gasteiger partial charge in [0.05, 0.1) is 25.7 Å². The van der Waals surface area contributed by atoms with Crippen LogP contribution in [-0.4, -0.2) is 49.5 Å². The lowest BCUT2D eigenvalue weighted by atomic mass is 10.1. The molecule has 0 aromatic heterocycles. The predicted octanol–water partition coefficient (Wildman–Crippen LogP) is -0.548. The first-order chi connectivity index (χ1) is 7.32. The van der Waals surface area contributed by atoms with Crippen molar-refractivity contribution in [2.45, 2.75) is 32.0 Å². The van der Waals surface area contributed by atoms with Crippen molar-refractivity contribution in [2.24, 2.45) is 0 Å². The lowest BCUT2D eigenvalue weighted by molar-refractivity contribution is -0.150. The molecule has 94 valence electrons. The standard InChI is InChI=1S/C10H19NO5/c1-10(2,16-4)5-8(13)11-6-7(12)9(14)15-3/h7,12H,5-6H2,1-4H3,(H,11,13). The number of hydrogen-bond donors (Lipinski definition) is 2. The third-order valence-electron chi connectivity index (χ3n) is 2.10. The predicted molar refractivity (Wildman–Crippen MR) is 56.7 cm³/mol. The molecule has 0 aromatic carbocycles. The Hall–Kier alpha value is -1.14. The van der Waals surface area contributed by atoms with Crippen LogP contribution >= 0.6 is 0 Å². The summed E-state index contributed by atoms with van der Waals surface area (Å²) >= 11 is 0. The SMILES string of the molecule is COC(=O)C(O)CNC(=O)CC(C)(C)OC. The normalized spacial score (nSPS) is 13.1. The molecule has 0 saturated carbocycles. The Bertz CT molecular complexity index is 252. The summed E-state index contributed by atoms with van der Waals surface area (Å²) in [4.78, 5) is 22.2. The quantitative estimate of drug-likeness (QED) is 0.601. The Morgan fingerprint density at radius 1 is 1.38 bits per heavy atom. The highest BCUT2D eigenvalue weighted by molar-refractivity contribution is 5.79. The topological polar surface area (TPSA) is 84.9 Å². The Labute approximate surface area is 94.9 Å². The van der Waals surface area contributed by atoms with E-state index < -0.39 is 17.7 Å². The van der Waals surface area contributed by atoms with E-state index in [1.54, 1.807) is 13.8 Å². The van der Waals surface area contributed by atoms with Gasteiger partial charge in [0.2, 0.25) is 5.91 Å². The molecule has 1 amide bonds. The highest BCUT2D eigenvalue weighted by Crippen LogP contribution is 2.12. The lowest BCUT2D eigenvalue weighted by Crippen LogP contribution is -2.40. The first-order valence-electron chi connectivity index (χ1n) is 4.90. The van der Waals surface area contributed by atoms with Gasteiger partial charge < -0.3 is 19.9 Å². The average Bonchev–Trinajstić information content (AvgIpc) is 2.24. The van der Waals surface area contributed by atoms with E-state index in [1.807, 2.05) is 0 Å². The monoisotopic (exact) mass is 233 g/mol. The Kier molecular flexibility index (Phi) is 5.98. The molecule has 16 heavy (non-hydrogen) atoms. The molecule has 6 heteroatoms. The number of esters is 1. The number of aliphatic hydroxyl groups excluding tert-OH is 1. The smallest absolute Gasteiger partial charge is 0.336 e. The molecule has 0 radical (unpaired) electrons. The Morgan fingerprint density at radius 3 is 2.38 bits per heavy atom. The number of rotatable bonds is 6. The molecule has 0 fully saturated rings.